The number of carbonyl (C=O) groups is 1. The summed E-state index contributed by atoms with van der Waals surface area (Å²) in [4.78, 5) is 11.5. The number of amides is 1. The van der Waals surface area contributed by atoms with Crippen molar-refractivity contribution < 1.29 is 9.18 Å². The topological polar surface area (TPSA) is 41.5 Å². The van der Waals surface area contributed by atoms with Gasteiger partial charge < -0.3 is 0 Å². The average molecular weight is 222 g/mol. The van der Waals surface area contributed by atoms with E-state index in [4.69, 9.17) is 0 Å². The Bertz CT molecular complexity index is 396. The molecule has 0 fully saturated rings. The van der Waals surface area contributed by atoms with E-state index in [0.717, 1.165) is 18.6 Å². The van der Waals surface area contributed by atoms with Crippen LogP contribution in [0.5, 0.6) is 0 Å². The van der Waals surface area contributed by atoms with Gasteiger partial charge in [0, 0.05) is 5.71 Å². The Balaban J connectivity index is 2.74. The number of rotatable bonds is 4. The fourth-order valence-corrected chi connectivity index (χ4v) is 1.24. The fourth-order valence-electron chi connectivity index (χ4n) is 1.24. The first-order valence-corrected chi connectivity index (χ1v) is 5.29. The first kappa shape index (κ1) is 12.4. The van der Waals surface area contributed by atoms with Crippen LogP contribution >= 0.6 is 0 Å². The molecule has 0 heterocycles. The Kier molecular flexibility index (Phi) is 4.64. The Labute approximate surface area is 94.4 Å². The molecule has 0 aliphatic rings. The van der Waals surface area contributed by atoms with Crippen LogP contribution in [0.15, 0.2) is 29.4 Å². The molecule has 0 aliphatic heterocycles. The van der Waals surface area contributed by atoms with E-state index in [1.807, 2.05) is 13.8 Å². The second-order valence-corrected chi connectivity index (χ2v) is 3.31. The van der Waals surface area contributed by atoms with Gasteiger partial charge in [-0.05, 0) is 25.0 Å². The number of hydrogen-bond donors (Lipinski definition) is 1. The lowest BCUT2D eigenvalue weighted by atomic mass is 10.2. The van der Waals surface area contributed by atoms with Crippen LogP contribution in [0.1, 0.15) is 37.0 Å². The molecule has 1 aromatic carbocycles. The maximum Gasteiger partial charge on any atom is 0.274 e. The Morgan fingerprint density at radius 2 is 1.94 bits per heavy atom. The molecule has 1 rings (SSSR count). The quantitative estimate of drug-likeness (QED) is 0.617. The van der Waals surface area contributed by atoms with Crippen molar-refractivity contribution in [3.05, 3.63) is 35.6 Å². The van der Waals surface area contributed by atoms with Crippen LogP contribution in [-0.4, -0.2) is 11.6 Å². The van der Waals surface area contributed by atoms with Gasteiger partial charge in [0.05, 0.1) is 5.56 Å². The molecule has 4 heteroatoms. The van der Waals surface area contributed by atoms with Crippen LogP contribution in [0.4, 0.5) is 4.39 Å². The largest absolute Gasteiger partial charge is 0.274 e. The normalized spacial score (nSPS) is 9.69. The molecule has 86 valence electrons. The summed E-state index contributed by atoms with van der Waals surface area (Å²) in [5.41, 5.74) is 3.24. The number of halogens is 1. The SMILES string of the molecule is CCC(CC)=NNC(=O)c1ccccc1F. The fraction of sp³-hybridized carbons (Fsp3) is 0.333. The second-order valence-electron chi connectivity index (χ2n) is 3.31. The summed E-state index contributed by atoms with van der Waals surface area (Å²) in [5.74, 6) is -1.05. The third kappa shape index (κ3) is 3.15. The molecule has 1 amide bonds. The lowest BCUT2D eigenvalue weighted by molar-refractivity contribution is 0.0950. The summed E-state index contributed by atoms with van der Waals surface area (Å²) in [6, 6.07) is 5.83. The molecule has 0 unspecified atom stereocenters. The van der Waals surface area contributed by atoms with Crippen molar-refractivity contribution in [3.8, 4) is 0 Å². The summed E-state index contributed by atoms with van der Waals surface area (Å²) in [6.45, 7) is 3.91. The Morgan fingerprint density at radius 3 is 2.50 bits per heavy atom. The summed E-state index contributed by atoms with van der Waals surface area (Å²) < 4.78 is 13.2. The molecule has 0 aromatic heterocycles. The first-order chi connectivity index (χ1) is 7.69. The standard InChI is InChI=1S/C12H15FN2O/c1-3-9(4-2)14-15-12(16)10-7-5-6-8-11(10)13/h5-8H,3-4H2,1-2H3,(H,15,16). The van der Waals surface area contributed by atoms with Crippen molar-refractivity contribution in [2.75, 3.05) is 0 Å². The number of benzene rings is 1. The van der Waals surface area contributed by atoms with Crippen molar-refractivity contribution in [1.82, 2.24) is 5.43 Å². The molecule has 0 radical (unpaired) electrons. The predicted molar refractivity (Wildman–Crippen MR) is 61.9 cm³/mol. The monoisotopic (exact) mass is 222 g/mol. The summed E-state index contributed by atoms with van der Waals surface area (Å²) >= 11 is 0. The van der Waals surface area contributed by atoms with E-state index in [0.29, 0.717) is 0 Å². The summed E-state index contributed by atoms with van der Waals surface area (Å²) in [5, 5.41) is 3.93. The Hall–Kier alpha value is -1.71. The van der Waals surface area contributed by atoms with Crippen LogP contribution in [0.2, 0.25) is 0 Å². The molecule has 16 heavy (non-hydrogen) atoms. The smallest absolute Gasteiger partial charge is 0.267 e. The van der Waals surface area contributed by atoms with Gasteiger partial charge in [0.15, 0.2) is 0 Å². The first-order valence-electron chi connectivity index (χ1n) is 5.29. The van der Waals surface area contributed by atoms with Crippen molar-refractivity contribution in [1.29, 1.82) is 0 Å². The minimum absolute atomic E-state index is 0.0119. The zero-order chi connectivity index (χ0) is 12.0. The van der Waals surface area contributed by atoms with E-state index in [1.165, 1.54) is 12.1 Å². The number of hydrogen-bond acceptors (Lipinski definition) is 2. The molecule has 3 nitrogen and oxygen atoms in total. The maximum absolute atomic E-state index is 13.2. The van der Waals surface area contributed by atoms with Crippen LogP contribution in [-0.2, 0) is 0 Å². The number of hydrazone groups is 1. The van der Waals surface area contributed by atoms with Crippen molar-refractivity contribution in [3.63, 3.8) is 0 Å². The van der Waals surface area contributed by atoms with Crippen LogP contribution < -0.4 is 5.43 Å². The van der Waals surface area contributed by atoms with Gasteiger partial charge in [-0.3, -0.25) is 4.79 Å². The number of carbonyl (C=O) groups excluding carboxylic acids is 1. The van der Waals surface area contributed by atoms with Gasteiger partial charge in [0.25, 0.3) is 5.91 Å². The van der Waals surface area contributed by atoms with Gasteiger partial charge in [0.1, 0.15) is 5.82 Å². The molecule has 0 spiro atoms. The average Bonchev–Trinajstić information content (AvgIpc) is 2.30. The summed E-state index contributed by atoms with van der Waals surface area (Å²) in [6.07, 6.45) is 1.54. The minimum atomic E-state index is -0.537. The van der Waals surface area contributed by atoms with Gasteiger partial charge in [-0.25, -0.2) is 9.82 Å². The molecule has 0 saturated carbocycles. The molecular formula is C12H15FN2O. The number of nitrogens with one attached hydrogen (secondary N) is 1. The molecule has 0 saturated heterocycles. The molecule has 1 aromatic rings. The highest BCUT2D eigenvalue weighted by molar-refractivity contribution is 5.95. The zero-order valence-electron chi connectivity index (χ0n) is 9.46. The third-order valence-corrected chi connectivity index (χ3v) is 2.25. The highest BCUT2D eigenvalue weighted by Crippen LogP contribution is 2.05. The highest BCUT2D eigenvalue weighted by atomic mass is 19.1. The van der Waals surface area contributed by atoms with E-state index < -0.39 is 11.7 Å². The van der Waals surface area contributed by atoms with E-state index in [-0.39, 0.29) is 5.56 Å². The van der Waals surface area contributed by atoms with Crippen LogP contribution in [0.25, 0.3) is 0 Å². The van der Waals surface area contributed by atoms with E-state index in [2.05, 4.69) is 10.5 Å². The number of nitrogens with zero attached hydrogens (tertiary/aromatic N) is 1. The predicted octanol–water partition coefficient (Wildman–Crippen LogP) is 2.73. The maximum atomic E-state index is 13.2. The molecular weight excluding hydrogens is 207 g/mol. The van der Waals surface area contributed by atoms with Crippen molar-refractivity contribution >= 4 is 11.6 Å². The van der Waals surface area contributed by atoms with Crippen LogP contribution in [0, 0.1) is 5.82 Å². The second kappa shape index (κ2) is 6.00. The van der Waals surface area contributed by atoms with E-state index >= 15 is 0 Å². The third-order valence-electron chi connectivity index (χ3n) is 2.25. The van der Waals surface area contributed by atoms with Gasteiger partial charge in [-0.15, -0.1) is 0 Å². The van der Waals surface area contributed by atoms with Crippen molar-refractivity contribution in [2.24, 2.45) is 5.10 Å². The van der Waals surface area contributed by atoms with E-state index in [1.54, 1.807) is 12.1 Å². The molecule has 0 aliphatic carbocycles. The Morgan fingerprint density at radius 1 is 1.31 bits per heavy atom. The molecule has 0 atom stereocenters. The zero-order valence-corrected chi connectivity index (χ0v) is 9.46. The van der Waals surface area contributed by atoms with Gasteiger partial charge in [-0.2, -0.15) is 5.10 Å². The van der Waals surface area contributed by atoms with E-state index in [9.17, 15) is 9.18 Å². The van der Waals surface area contributed by atoms with Crippen molar-refractivity contribution in [2.45, 2.75) is 26.7 Å². The van der Waals surface area contributed by atoms with Gasteiger partial charge in [0.2, 0.25) is 0 Å². The molecule has 1 N–H and O–H groups in total. The summed E-state index contributed by atoms with van der Waals surface area (Å²) in [7, 11) is 0. The minimum Gasteiger partial charge on any atom is -0.267 e. The lowest BCUT2D eigenvalue weighted by Crippen LogP contribution is -2.20. The van der Waals surface area contributed by atoms with Gasteiger partial charge >= 0.3 is 0 Å². The molecule has 0 bridgehead atoms. The highest BCUT2D eigenvalue weighted by Gasteiger charge is 2.09. The van der Waals surface area contributed by atoms with Gasteiger partial charge in [-0.1, -0.05) is 26.0 Å². The van der Waals surface area contributed by atoms with Crippen LogP contribution in [0.3, 0.4) is 0 Å². The lowest BCUT2D eigenvalue weighted by Gasteiger charge is -2.03.